The predicted octanol–water partition coefficient (Wildman–Crippen LogP) is 0.417. The first-order valence-corrected chi connectivity index (χ1v) is 5.41. The van der Waals surface area contributed by atoms with Crippen molar-refractivity contribution in [3.05, 3.63) is 12.7 Å². The highest BCUT2D eigenvalue weighted by molar-refractivity contribution is 6.30. The second-order valence-corrected chi connectivity index (χ2v) is 3.39. The van der Waals surface area contributed by atoms with Gasteiger partial charge in [0.15, 0.2) is 0 Å². The van der Waals surface area contributed by atoms with Crippen molar-refractivity contribution in [2.45, 2.75) is 19.9 Å². The van der Waals surface area contributed by atoms with Crippen LogP contribution >= 0.6 is 0 Å². The number of hydrogen-bond acceptors (Lipinski definition) is 4. The van der Waals surface area contributed by atoms with Crippen molar-refractivity contribution in [3.8, 4) is 0 Å². The Balaban J connectivity index is 0. The van der Waals surface area contributed by atoms with Crippen molar-refractivity contribution in [3.63, 3.8) is 0 Å². The smallest absolute Gasteiger partial charge is 0.302 e. The minimum Gasteiger partial charge on any atom is -0.525 e. The van der Waals surface area contributed by atoms with Crippen LogP contribution in [0.4, 0.5) is 0 Å². The van der Waals surface area contributed by atoms with Crippen LogP contribution in [0, 0.1) is 0 Å². The zero-order valence-corrected chi connectivity index (χ0v) is 9.75. The fourth-order valence-electron chi connectivity index (χ4n) is 0.286. The summed E-state index contributed by atoms with van der Waals surface area (Å²) in [7, 11) is 0.746. The third-order valence-electron chi connectivity index (χ3n) is 0.915. The number of carbonyl (C=O) groups excluding carboxylic acids is 2. The van der Waals surface area contributed by atoms with Gasteiger partial charge in [-0.15, -0.1) is 6.58 Å². The zero-order chi connectivity index (χ0) is 10.7. The highest BCUT2D eigenvalue weighted by Gasteiger charge is 1.87. The van der Waals surface area contributed by atoms with Gasteiger partial charge < -0.3 is 9.16 Å². The summed E-state index contributed by atoms with van der Waals surface area (Å²) in [6.45, 7) is 6.29. The standard InChI is InChI=1S/C5H10O2Si.C3H6O2/c1-3-4-8-7-5(2)6;1-3(4)5-2/h3H,1,4,8H2,2H3;1-2H3. The fraction of sp³-hybridized carbons (Fsp3) is 0.500. The first kappa shape index (κ1) is 14.4. The van der Waals surface area contributed by atoms with Crippen LogP contribution in [0.25, 0.3) is 0 Å². The molecule has 0 aromatic rings. The molecule has 0 spiro atoms. The Labute approximate surface area is 80.9 Å². The minimum atomic E-state index is -0.604. The molecule has 0 atom stereocenters. The van der Waals surface area contributed by atoms with Gasteiger partial charge in [-0.1, -0.05) is 6.08 Å². The Morgan fingerprint density at radius 1 is 1.38 bits per heavy atom. The van der Waals surface area contributed by atoms with Crippen LogP contribution in [0.15, 0.2) is 12.7 Å². The van der Waals surface area contributed by atoms with Gasteiger partial charge >= 0.3 is 5.97 Å². The van der Waals surface area contributed by atoms with E-state index in [2.05, 4.69) is 11.3 Å². The third-order valence-corrected chi connectivity index (χ3v) is 2.17. The molecule has 0 rings (SSSR count). The van der Waals surface area contributed by atoms with E-state index in [1.165, 1.54) is 21.0 Å². The first-order valence-electron chi connectivity index (χ1n) is 3.83. The van der Waals surface area contributed by atoms with Crippen LogP contribution in [0.5, 0.6) is 0 Å². The van der Waals surface area contributed by atoms with Crippen molar-refractivity contribution >= 4 is 21.7 Å². The summed E-state index contributed by atoms with van der Waals surface area (Å²) >= 11 is 0. The van der Waals surface area contributed by atoms with Gasteiger partial charge in [0, 0.05) is 13.8 Å². The van der Waals surface area contributed by atoms with Crippen LogP contribution in [-0.2, 0) is 18.8 Å². The van der Waals surface area contributed by atoms with E-state index in [-0.39, 0.29) is 11.9 Å². The molecule has 0 heterocycles. The van der Waals surface area contributed by atoms with Crippen LogP contribution in [-0.4, -0.2) is 28.8 Å². The molecule has 0 fully saturated rings. The van der Waals surface area contributed by atoms with Gasteiger partial charge in [-0.25, -0.2) is 0 Å². The second-order valence-electron chi connectivity index (χ2n) is 2.11. The summed E-state index contributed by atoms with van der Waals surface area (Å²) in [6.07, 6.45) is 1.77. The Morgan fingerprint density at radius 2 is 1.85 bits per heavy atom. The topological polar surface area (TPSA) is 52.6 Å². The highest BCUT2D eigenvalue weighted by Crippen LogP contribution is 1.80. The summed E-state index contributed by atoms with van der Waals surface area (Å²) in [5.74, 6) is -0.413. The lowest BCUT2D eigenvalue weighted by Crippen LogP contribution is -2.01. The molecule has 0 aromatic carbocycles. The molecule has 76 valence electrons. The normalized spacial score (nSPS) is 8.54. The molecule has 0 radical (unpaired) electrons. The maximum Gasteiger partial charge on any atom is 0.302 e. The van der Waals surface area contributed by atoms with Crippen LogP contribution < -0.4 is 0 Å². The molecule has 0 saturated heterocycles. The molecule has 13 heavy (non-hydrogen) atoms. The summed E-state index contributed by atoms with van der Waals surface area (Å²) in [5, 5.41) is 0. The van der Waals surface area contributed by atoms with E-state index in [1.807, 2.05) is 0 Å². The first-order chi connectivity index (χ1) is 6.04. The Morgan fingerprint density at radius 3 is 2.08 bits per heavy atom. The third kappa shape index (κ3) is 24.8. The lowest BCUT2D eigenvalue weighted by Gasteiger charge is -1.94. The molecule has 5 heteroatoms. The molecule has 0 bridgehead atoms. The lowest BCUT2D eigenvalue weighted by molar-refractivity contribution is -0.138. The van der Waals surface area contributed by atoms with Gasteiger partial charge in [0.05, 0.1) is 7.11 Å². The largest absolute Gasteiger partial charge is 0.525 e. The average Bonchev–Trinajstić information content (AvgIpc) is 2.05. The van der Waals surface area contributed by atoms with Crippen LogP contribution in [0.1, 0.15) is 13.8 Å². The molecular weight excluding hydrogens is 188 g/mol. The monoisotopic (exact) mass is 204 g/mol. The summed E-state index contributed by atoms with van der Waals surface area (Å²) in [6, 6.07) is 0.875. The van der Waals surface area contributed by atoms with E-state index >= 15 is 0 Å². The molecule has 4 nitrogen and oxygen atoms in total. The number of hydrogen-bond donors (Lipinski definition) is 0. The molecule has 0 saturated carbocycles. The Bertz CT molecular complexity index is 168. The van der Waals surface area contributed by atoms with E-state index in [1.54, 1.807) is 6.08 Å². The zero-order valence-electron chi connectivity index (χ0n) is 8.33. The van der Waals surface area contributed by atoms with Crippen molar-refractivity contribution < 1.29 is 18.8 Å². The van der Waals surface area contributed by atoms with Crippen molar-refractivity contribution in [1.29, 1.82) is 0 Å². The minimum absolute atomic E-state index is 0.168. The van der Waals surface area contributed by atoms with Gasteiger partial charge in [-0.05, 0) is 6.04 Å². The lowest BCUT2D eigenvalue weighted by atomic mass is 10.8. The highest BCUT2D eigenvalue weighted by atomic mass is 28.2. The maximum atomic E-state index is 10.1. The van der Waals surface area contributed by atoms with Gasteiger partial charge in [-0.2, -0.15) is 0 Å². The van der Waals surface area contributed by atoms with E-state index in [4.69, 9.17) is 4.43 Å². The summed E-state index contributed by atoms with van der Waals surface area (Å²) in [5.41, 5.74) is 0. The number of ether oxygens (including phenoxy) is 1. The predicted molar refractivity (Wildman–Crippen MR) is 53.0 cm³/mol. The quantitative estimate of drug-likeness (QED) is 0.289. The SMILES string of the molecule is C=CC[SiH2]OC(C)=O.COC(C)=O. The van der Waals surface area contributed by atoms with Crippen LogP contribution in [0.2, 0.25) is 6.04 Å². The summed E-state index contributed by atoms with van der Waals surface area (Å²) in [4.78, 5) is 19.7. The van der Waals surface area contributed by atoms with Crippen LogP contribution in [0.3, 0.4) is 0 Å². The number of carbonyl (C=O) groups is 2. The molecular formula is C8H16O4Si. The van der Waals surface area contributed by atoms with Gasteiger partial charge in [0.1, 0.15) is 0 Å². The van der Waals surface area contributed by atoms with Gasteiger partial charge in [0.25, 0.3) is 5.97 Å². The number of esters is 1. The Hall–Kier alpha value is -1.10. The fourth-order valence-corrected chi connectivity index (χ4v) is 0.858. The number of rotatable bonds is 3. The molecule has 0 unspecified atom stereocenters. The van der Waals surface area contributed by atoms with E-state index in [9.17, 15) is 9.59 Å². The van der Waals surface area contributed by atoms with Gasteiger partial charge in [-0.3, -0.25) is 9.59 Å². The molecule has 0 aliphatic rings. The second kappa shape index (κ2) is 10.9. The van der Waals surface area contributed by atoms with Gasteiger partial charge in [0.2, 0.25) is 9.76 Å². The average molecular weight is 204 g/mol. The number of methoxy groups -OCH3 is 1. The molecule has 0 aliphatic heterocycles. The van der Waals surface area contributed by atoms with Crippen molar-refractivity contribution in [2.75, 3.05) is 7.11 Å². The van der Waals surface area contributed by atoms with E-state index in [0.29, 0.717) is 0 Å². The molecule has 0 aromatic heterocycles. The molecule has 0 amide bonds. The van der Waals surface area contributed by atoms with E-state index < -0.39 is 9.76 Å². The Kier molecular flexibility index (Phi) is 12.1. The summed E-state index contributed by atoms with van der Waals surface area (Å²) < 4.78 is 8.82. The van der Waals surface area contributed by atoms with Crippen molar-refractivity contribution in [2.24, 2.45) is 0 Å². The maximum absolute atomic E-state index is 10.1. The van der Waals surface area contributed by atoms with E-state index in [0.717, 1.165) is 6.04 Å². The number of allylic oxidation sites excluding steroid dienone is 1. The van der Waals surface area contributed by atoms with Crippen molar-refractivity contribution in [1.82, 2.24) is 0 Å². The molecule has 0 N–H and O–H groups in total. The molecule has 0 aliphatic carbocycles.